The summed E-state index contributed by atoms with van der Waals surface area (Å²) in [4.78, 5) is 11.9. The van der Waals surface area contributed by atoms with Gasteiger partial charge in [-0.3, -0.25) is 4.79 Å². The van der Waals surface area contributed by atoms with Crippen LogP contribution < -0.4 is 15.8 Å². The molecule has 0 radical (unpaired) electrons. The number of hydrogen-bond acceptors (Lipinski definition) is 4. The average molecular weight is 301 g/mol. The fourth-order valence-electron chi connectivity index (χ4n) is 1.65. The van der Waals surface area contributed by atoms with Crippen molar-refractivity contribution in [3.05, 3.63) is 28.8 Å². The highest BCUT2D eigenvalue weighted by molar-refractivity contribution is 6.32. The van der Waals surface area contributed by atoms with Crippen LogP contribution in [0.2, 0.25) is 5.02 Å². The van der Waals surface area contributed by atoms with Crippen molar-refractivity contribution in [2.24, 2.45) is 5.73 Å². The lowest BCUT2D eigenvalue weighted by Gasteiger charge is -2.17. The lowest BCUT2D eigenvalue weighted by Crippen LogP contribution is -2.37. The maximum Gasteiger partial charge on any atom is 0.260 e. The minimum Gasteiger partial charge on any atom is -0.479 e. The number of rotatable bonds is 8. The molecule has 20 heavy (non-hydrogen) atoms. The molecule has 0 spiro atoms. The van der Waals surface area contributed by atoms with E-state index in [0.29, 0.717) is 30.5 Å². The molecular weight excluding hydrogens is 280 g/mol. The van der Waals surface area contributed by atoms with Gasteiger partial charge in [0.15, 0.2) is 6.10 Å². The van der Waals surface area contributed by atoms with Crippen LogP contribution in [0.5, 0.6) is 5.75 Å². The number of methoxy groups -OCH3 is 1. The quantitative estimate of drug-likeness (QED) is 0.717. The molecular formula is C14H21ClN2O3. The average Bonchev–Trinajstić information content (AvgIpc) is 2.45. The second-order valence-electron chi connectivity index (χ2n) is 4.33. The largest absolute Gasteiger partial charge is 0.479 e. The van der Waals surface area contributed by atoms with E-state index in [1.54, 1.807) is 26.2 Å². The molecule has 0 aliphatic heterocycles. The molecule has 0 fully saturated rings. The minimum absolute atomic E-state index is 0.191. The van der Waals surface area contributed by atoms with Gasteiger partial charge >= 0.3 is 0 Å². The Morgan fingerprint density at radius 2 is 2.25 bits per heavy atom. The van der Waals surface area contributed by atoms with Gasteiger partial charge in [-0.1, -0.05) is 23.7 Å². The summed E-state index contributed by atoms with van der Waals surface area (Å²) in [6.07, 6.45) is 0.123. The molecule has 112 valence electrons. The zero-order valence-corrected chi connectivity index (χ0v) is 12.6. The predicted octanol–water partition coefficient (Wildman–Crippen LogP) is 1.72. The molecule has 0 aromatic heterocycles. The summed E-state index contributed by atoms with van der Waals surface area (Å²) >= 11 is 6.07. The highest BCUT2D eigenvalue weighted by Crippen LogP contribution is 2.29. The summed E-state index contributed by atoms with van der Waals surface area (Å²) in [5.74, 6) is 0.278. The van der Waals surface area contributed by atoms with Crippen LogP contribution in [-0.2, 0) is 16.1 Å². The molecule has 1 unspecified atom stereocenters. The molecule has 1 atom stereocenters. The monoisotopic (exact) mass is 300 g/mol. The normalized spacial score (nSPS) is 12.0. The first-order valence-electron chi connectivity index (χ1n) is 6.51. The van der Waals surface area contributed by atoms with Gasteiger partial charge in [-0.15, -0.1) is 0 Å². The molecule has 1 amide bonds. The first kappa shape index (κ1) is 16.8. The zero-order chi connectivity index (χ0) is 15.0. The van der Waals surface area contributed by atoms with Crippen LogP contribution in [0, 0.1) is 0 Å². The molecule has 0 saturated heterocycles. The van der Waals surface area contributed by atoms with Crippen molar-refractivity contribution < 1.29 is 14.3 Å². The number of nitrogens with two attached hydrogens (primary N) is 1. The molecule has 0 bridgehead atoms. The maximum atomic E-state index is 11.9. The predicted molar refractivity (Wildman–Crippen MR) is 78.9 cm³/mol. The molecule has 5 nitrogen and oxygen atoms in total. The highest BCUT2D eigenvalue weighted by atomic mass is 35.5. The van der Waals surface area contributed by atoms with Gasteiger partial charge in [0.05, 0.1) is 5.02 Å². The lowest BCUT2D eigenvalue weighted by molar-refractivity contribution is -0.127. The van der Waals surface area contributed by atoms with Crippen molar-refractivity contribution >= 4 is 17.5 Å². The second-order valence-corrected chi connectivity index (χ2v) is 4.74. The van der Waals surface area contributed by atoms with Gasteiger partial charge in [-0.05, 0) is 19.4 Å². The van der Waals surface area contributed by atoms with Crippen molar-refractivity contribution in [1.82, 2.24) is 5.32 Å². The Hall–Kier alpha value is -1.30. The van der Waals surface area contributed by atoms with Gasteiger partial charge in [0, 0.05) is 32.4 Å². The summed E-state index contributed by atoms with van der Waals surface area (Å²) in [5.41, 5.74) is 6.41. The summed E-state index contributed by atoms with van der Waals surface area (Å²) in [7, 11) is 1.62. The van der Waals surface area contributed by atoms with Crippen molar-refractivity contribution in [2.45, 2.75) is 26.0 Å². The van der Waals surface area contributed by atoms with Crippen LogP contribution >= 0.6 is 11.6 Å². The fraction of sp³-hybridized carbons (Fsp3) is 0.500. The van der Waals surface area contributed by atoms with Crippen LogP contribution in [0.15, 0.2) is 18.2 Å². The summed E-state index contributed by atoms with van der Waals surface area (Å²) in [6, 6.07) is 5.33. The van der Waals surface area contributed by atoms with Crippen molar-refractivity contribution in [3.8, 4) is 5.75 Å². The van der Waals surface area contributed by atoms with Crippen molar-refractivity contribution in [1.29, 1.82) is 0 Å². The second kappa shape index (κ2) is 8.79. The van der Waals surface area contributed by atoms with Crippen molar-refractivity contribution in [2.75, 3.05) is 20.3 Å². The number of amides is 1. The number of carbonyl (C=O) groups excluding carboxylic acids is 1. The highest BCUT2D eigenvalue weighted by Gasteiger charge is 2.17. The topological polar surface area (TPSA) is 73.6 Å². The van der Waals surface area contributed by atoms with E-state index in [1.165, 1.54) is 0 Å². The van der Waals surface area contributed by atoms with E-state index < -0.39 is 6.10 Å². The first-order valence-corrected chi connectivity index (χ1v) is 6.88. The van der Waals surface area contributed by atoms with Crippen LogP contribution in [0.4, 0.5) is 0 Å². The van der Waals surface area contributed by atoms with Crippen LogP contribution in [0.3, 0.4) is 0 Å². The Morgan fingerprint density at radius 1 is 1.50 bits per heavy atom. The SMILES string of the molecule is COCCCNC(=O)C(C)Oc1c(Cl)cccc1CN. The number of ether oxygens (including phenoxy) is 2. The Labute approximate surface area is 124 Å². The third-order valence-corrected chi connectivity index (χ3v) is 3.05. The van der Waals surface area contributed by atoms with E-state index in [4.69, 9.17) is 26.8 Å². The van der Waals surface area contributed by atoms with Crippen LogP contribution in [0.25, 0.3) is 0 Å². The van der Waals surface area contributed by atoms with Crippen molar-refractivity contribution in [3.63, 3.8) is 0 Å². The van der Waals surface area contributed by atoms with Gasteiger partial charge in [-0.25, -0.2) is 0 Å². The fourth-order valence-corrected chi connectivity index (χ4v) is 1.89. The van der Waals surface area contributed by atoms with E-state index in [0.717, 1.165) is 12.0 Å². The van der Waals surface area contributed by atoms with Gasteiger partial charge in [0.25, 0.3) is 5.91 Å². The number of halogens is 1. The Balaban J connectivity index is 2.57. The number of benzene rings is 1. The number of hydrogen-bond donors (Lipinski definition) is 2. The Bertz CT molecular complexity index is 440. The molecule has 1 rings (SSSR count). The van der Waals surface area contributed by atoms with Crippen LogP contribution in [0.1, 0.15) is 18.9 Å². The molecule has 1 aromatic rings. The lowest BCUT2D eigenvalue weighted by atomic mass is 10.2. The minimum atomic E-state index is -0.636. The number of carbonyl (C=O) groups is 1. The van der Waals surface area contributed by atoms with E-state index in [2.05, 4.69) is 5.32 Å². The van der Waals surface area contributed by atoms with Crippen LogP contribution in [-0.4, -0.2) is 32.3 Å². The van der Waals surface area contributed by atoms with E-state index >= 15 is 0 Å². The van der Waals surface area contributed by atoms with Gasteiger partial charge < -0.3 is 20.5 Å². The molecule has 1 aromatic carbocycles. The van der Waals surface area contributed by atoms with Gasteiger partial charge in [0.1, 0.15) is 5.75 Å². The van der Waals surface area contributed by atoms with E-state index in [-0.39, 0.29) is 5.91 Å². The smallest absolute Gasteiger partial charge is 0.260 e. The Morgan fingerprint density at radius 3 is 2.90 bits per heavy atom. The summed E-state index contributed by atoms with van der Waals surface area (Å²) in [5, 5.41) is 3.23. The molecule has 0 heterocycles. The van der Waals surface area contributed by atoms with Gasteiger partial charge in [-0.2, -0.15) is 0 Å². The Kier molecular flexibility index (Phi) is 7.36. The zero-order valence-electron chi connectivity index (χ0n) is 11.8. The number of nitrogens with one attached hydrogen (secondary N) is 1. The maximum absolute atomic E-state index is 11.9. The third kappa shape index (κ3) is 5.00. The molecule has 6 heteroatoms. The molecule has 0 aliphatic rings. The summed E-state index contributed by atoms with van der Waals surface area (Å²) in [6.45, 7) is 3.14. The number of para-hydroxylation sites is 1. The molecule has 3 N–H and O–H groups in total. The first-order chi connectivity index (χ1) is 9.60. The molecule has 0 saturated carbocycles. The standard InChI is InChI=1S/C14H21ClN2O3/c1-10(14(18)17-7-4-8-19-2)20-13-11(9-16)5-3-6-12(13)15/h3,5-6,10H,4,7-9,16H2,1-2H3,(H,17,18). The summed E-state index contributed by atoms with van der Waals surface area (Å²) < 4.78 is 10.5. The third-order valence-electron chi connectivity index (χ3n) is 2.76. The van der Waals surface area contributed by atoms with E-state index in [1.807, 2.05) is 6.07 Å². The van der Waals surface area contributed by atoms with Gasteiger partial charge in [0.2, 0.25) is 0 Å². The molecule has 0 aliphatic carbocycles. The van der Waals surface area contributed by atoms with E-state index in [9.17, 15) is 4.79 Å².